The first-order valence-corrected chi connectivity index (χ1v) is 9.02. The van der Waals surface area contributed by atoms with Crippen LogP contribution in [0.5, 0.6) is 0 Å². The molecule has 7 heteroatoms. The van der Waals surface area contributed by atoms with Crippen LogP contribution in [0.15, 0.2) is 42.7 Å². The van der Waals surface area contributed by atoms with Gasteiger partial charge in [-0.15, -0.1) is 5.10 Å². The molecule has 1 saturated carbocycles. The van der Waals surface area contributed by atoms with Gasteiger partial charge in [-0.2, -0.15) is 9.50 Å². The number of pyridine rings is 2. The molecular weight excluding hydrogens is 328 g/mol. The van der Waals surface area contributed by atoms with Crippen molar-refractivity contribution >= 4 is 23.3 Å². The molecule has 7 nitrogen and oxygen atoms in total. The van der Waals surface area contributed by atoms with Crippen LogP contribution in [0.2, 0.25) is 0 Å². The zero-order chi connectivity index (χ0) is 17.9. The van der Waals surface area contributed by atoms with Crippen molar-refractivity contribution in [2.75, 3.05) is 17.3 Å². The summed E-state index contributed by atoms with van der Waals surface area (Å²) in [6.45, 7) is 0. The lowest BCUT2D eigenvalue weighted by molar-refractivity contribution is 0.102. The Morgan fingerprint density at radius 1 is 1.19 bits per heavy atom. The molecule has 3 aromatic rings. The van der Waals surface area contributed by atoms with Crippen molar-refractivity contribution in [2.45, 2.75) is 38.1 Å². The highest BCUT2D eigenvalue weighted by molar-refractivity contribution is 6.03. The van der Waals surface area contributed by atoms with Gasteiger partial charge in [0.1, 0.15) is 5.82 Å². The van der Waals surface area contributed by atoms with E-state index in [4.69, 9.17) is 0 Å². The van der Waals surface area contributed by atoms with Gasteiger partial charge in [0.15, 0.2) is 5.65 Å². The van der Waals surface area contributed by atoms with Crippen LogP contribution in [0.4, 0.5) is 11.8 Å². The van der Waals surface area contributed by atoms with Crippen molar-refractivity contribution in [3.8, 4) is 0 Å². The summed E-state index contributed by atoms with van der Waals surface area (Å²) in [5.41, 5.74) is 1.19. The van der Waals surface area contributed by atoms with E-state index < -0.39 is 0 Å². The highest BCUT2D eigenvalue weighted by Crippen LogP contribution is 2.26. The van der Waals surface area contributed by atoms with E-state index in [0.29, 0.717) is 23.2 Å². The molecule has 0 radical (unpaired) electrons. The van der Waals surface area contributed by atoms with Gasteiger partial charge in [0, 0.05) is 25.5 Å². The number of amides is 1. The summed E-state index contributed by atoms with van der Waals surface area (Å²) >= 11 is 0. The van der Waals surface area contributed by atoms with Crippen LogP contribution in [0.1, 0.15) is 42.5 Å². The first-order chi connectivity index (χ1) is 12.7. The fourth-order valence-electron chi connectivity index (χ4n) is 3.54. The van der Waals surface area contributed by atoms with Crippen molar-refractivity contribution in [1.29, 1.82) is 0 Å². The lowest BCUT2D eigenvalue weighted by atomic mass is 9.94. The average molecular weight is 350 g/mol. The van der Waals surface area contributed by atoms with E-state index in [2.05, 4.69) is 32.3 Å². The molecular formula is C19H22N6O. The first-order valence-electron chi connectivity index (χ1n) is 9.02. The molecule has 0 bridgehead atoms. The highest BCUT2D eigenvalue weighted by Gasteiger charge is 2.21. The Balaban J connectivity index is 1.60. The van der Waals surface area contributed by atoms with E-state index in [9.17, 15) is 4.79 Å². The number of carbonyl (C=O) groups excluding carboxylic acids is 1. The lowest BCUT2D eigenvalue weighted by Gasteiger charge is -2.32. The molecule has 1 N–H and O–H groups in total. The molecule has 0 spiro atoms. The molecule has 1 fully saturated rings. The normalized spacial score (nSPS) is 15.1. The number of hydrogen-bond donors (Lipinski definition) is 1. The van der Waals surface area contributed by atoms with Crippen LogP contribution in [0.25, 0.3) is 5.65 Å². The minimum Gasteiger partial charge on any atom is -0.357 e. The summed E-state index contributed by atoms with van der Waals surface area (Å²) in [4.78, 5) is 23.0. The van der Waals surface area contributed by atoms with E-state index in [0.717, 1.165) is 5.82 Å². The Hall–Kier alpha value is -2.96. The van der Waals surface area contributed by atoms with E-state index in [-0.39, 0.29) is 5.91 Å². The van der Waals surface area contributed by atoms with Crippen LogP contribution in [0.3, 0.4) is 0 Å². The maximum atomic E-state index is 12.3. The third-order valence-corrected chi connectivity index (χ3v) is 4.97. The van der Waals surface area contributed by atoms with Crippen LogP contribution in [0, 0.1) is 0 Å². The SMILES string of the molecule is CN(c1cccc2nc(NC(=O)c3cccnc3)nn12)C1CCCCC1. The summed E-state index contributed by atoms with van der Waals surface area (Å²) in [7, 11) is 2.11. The van der Waals surface area contributed by atoms with Gasteiger partial charge in [-0.05, 0) is 37.1 Å². The lowest BCUT2D eigenvalue weighted by Crippen LogP contribution is -2.34. The van der Waals surface area contributed by atoms with Crippen molar-refractivity contribution in [2.24, 2.45) is 0 Å². The molecule has 26 heavy (non-hydrogen) atoms. The van der Waals surface area contributed by atoms with Crippen molar-refractivity contribution < 1.29 is 4.79 Å². The maximum Gasteiger partial charge on any atom is 0.259 e. The highest BCUT2D eigenvalue weighted by atomic mass is 16.1. The summed E-state index contributed by atoms with van der Waals surface area (Å²) < 4.78 is 1.80. The third kappa shape index (κ3) is 3.24. The Morgan fingerprint density at radius 2 is 2.04 bits per heavy atom. The second kappa shape index (κ2) is 7.11. The predicted octanol–water partition coefficient (Wildman–Crippen LogP) is 3.15. The van der Waals surface area contributed by atoms with Crippen LogP contribution >= 0.6 is 0 Å². The average Bonchev–Trinajstić information content (AvgIpc) is 3.11. The van der Waals surface area contributed by atoms with Crippen LogP contribution < -0.4 is 10.2 Å². The fourth-order valence-corrected chi connectivity index (χ4v) is 3.54. The Kier molecular flexibility index (Phi) is 4.51. The number of nitrogens with one attached hydrogen (secondary N) is 1. The summed E-state index contributed by atoms with van der Waals surface area (Å²) in [6, 6.07) is 9.87. The minimum absolute atomic E-state index is 0.267. The van der Waals surface area contributed by atoms with Gasteiger partial charge in [-0.25, -0.2) is 0 Å². The first kappa shape index (κ1) is 16.5. The Bertz CT molecular complexity index is 901. The molecule has 0 atom stereocenters. The molecule has 134 valence electrons. The number of aromatic nitrogens is 4. The monoisotopic (exact) mass is 350 g/mol. The van der Waals surface area contributed by atoms with E-state index >= 15 is 0 Å². The predicted molar refractivity (Wildman–Crippen MR) is 100 cm³/mol. The Labute approximate surface area is 152 Å². The third-order valence-electron chi connectivity index (χ3n) is 4.97. The zero-order valence-corrected chi connectivity index (χ0v) is 14.8. The zero-order valence-electron chi connectivity index (χ0n) is 14.8. The van der Waals surface area contributed by atoms with Crippen LogP contribution in [-0.2, 0) is 0 Å². The molecule has 0 saturated heterocycles. The molecule has 0 aliphatic heterocycles. The van der Waals surface area contributed by atoms with Gasteiger partial charge in [-0.3, -0.25) is 15.1 Å². The van der Waals surface area contributed by atoms with Gasteiger partial charge < -0.3 is 4.90 Å². The Morgan fingerprint density at radius 3 is 2.81 bits per heavy atom. The van der Waals surface area contributed by atoms with Gasteiger partial charge in [0.25, 0.3) is 5.91 Å². The topological polar surface area (TPSA) is 75.4 Å². The largest absolute Gasteiger partial charge is 0.357 e. The van der Waals surface area contributed by atoms with Crippen molar-refractivity contribution in [3.63, 3.8) is 0 Å². The number of rotatable bonds is 4. The molecule has 1 aliphatic rings. The molecule has 0 aromatic carbocycles. The molecule has 4 rings (SSSR count). The van der Waals surface area contributed by atoms with Gasteiger partial charge in [0.2, 0.25) is 5.95 Å². The second-order valence-electron chi connectivity index (χ2n) is 6.69. The number of fused-ring (bicyclic) bond motifs is 1. The van der Waals surface area contributed by atoms with Gasteiger partial charge >= 0.3 is 0 Å². The standard InChI is InChI=1S/C19H22N6O/c1-24(15-8-3-2-4-9-15)17-11-5-10-16-21-19(23-25(16)17)22-18(26)14-7-6-12-20-13-14/h5-7,10-13,15H,2-4,8-9H2,1H3,(H,22,23,26). The summed E-state index contributed by atoms with van der Waals surface area (Å²) in [5, 5.41) is 7.26. The number of nitrogens with zero attached hydrogens (tertiary/aromatic N) is 5. The van der Waals surface area contributed by atoms with E-state index in [1.165, 1.54) is 38.3 Å². The molecule has 3 heterocycles. The van der Waals surface area contributed by atoms with Crippen LogP contribution in [-0.4, -0.2) is 38.6 Å². The second-order valence-corrected chi connectivity index (χ2v) is 6.69. The molecule has 0 unspecified atom stereocenters. The quantitative estimate of drug-likeness (QED) is 0.782. The summed E-state index contributed by atoms with van der Waals surface area (Å²) in [6.07, 6.45) is 9.42. The van der Waals surface area contributed by atoms with E-state index in [1.54, 1.807) is 22.8 Å². The van der Waals surface area contributed by atoms with Crippen molar-refractivity contribution in [1.82, 2.24) is 19.6 Å². The molecule has 3 aromatic heterocycles. The van der Waals surface area contributed by atoms with Crippen molar-refractivity contribution in [3.05, 3.63) is 48.3 Å². The smallest absolute Gasteiger partial charge is 0.259 e. The molecule has 1 amide bonds. The fraction of sp³-hybridized carbons (Fsp3) is 0.368. The van der Waals surface area contributed by atoms with E-state index in [1.807, 2.05) is 18.2 Å². The van der Waals surface area contributed by atoms with Gasteiger partial charge in [0.05, 0.1) is 5.56 Å². The minimum atomic E-state index is -0.267. The maximum absolute atomic E-state index is 12.3. The summed E-state index contributed by atoms with van der Waals surface area (Å²) in [5.74, 6) is 1.02. The number of anilines is 2. The van der Waals surface area contributed by atoms with Gasteiger partial charge in [-0.1, -0.05) is 25.3 Å². The number of hydrogen-bond acceptors (Lipinski definition) is 5. The molecule has 1 aliphatic carbocycles. The number of carbonyl (C=O) groups is 1.